The molecule has 0 saturated heterocycles. The van der Waals surface area contributed by atoms with Crippen LogP contribution in [-0.2, 0) is 10.2 Å². The summed E-state index contributed by atoms with van der Waals surface area (Å²) in [4.78, 5) is 10.7. The highest BCUT2D eigenvalue weighted by molar-refractivity contribution is 5.66. The van der Waals surface area contributed by atoms with Crippen LogP contribution in [0, 0.1) is 31.1 Å². The number of carboxylic acids is 1. The molecular formula is C32H44O5. The van der Waals surface area contributed by atoms with Crippen LogP contribution < -0.4 is 4.74 Å². The van der Waals surface area contributed by atoms with Gasteiger partial charge in [-0.2, -0.15) is 0 Å². The molecule has 0 saturated carbocycles. The van der Waals surface area contributed by atoms with Gasteiger partial charge in [0.15, 0.2) is 0 Å². The fourth-order valence-corrected chi connectivity index (χ4v) is 4.56. The van der Waals surface area contributed by atoms with Gasteiger partial charge in [0.1, 0.15) is 18.5 Å². The number of aliphatic hydroxyl groups excluding tert-OH is 2. The second-order valence-electron chi connectivity index (χ2n) is 11.1. The van der Waals surface area contributed by atoms with Crippen LogP contribution in [0.4, 0.5) is 0 Å². The minimum Gasteiger partial charge on any atom is -0.491 e. The highest BCUT2D eigenvalue weighted by atomic mass is 16.5. The SMILES string of the molecule is CCC(CC)(c1ccc(C#CC(O)C(C)(C)C)c(C)c1)c1ccc(OC[C@H](O)CCCC(=O)O)c(C)c1. The number of aliphatic hydroxyl groups is 2. The molecular weight excluding hydrogens is 464 g/mol. The fourth-order valence-electron chi connectivity index (χ4n) is 4.56. The first-order chi connectivity index (χ1) is 17.3. The summed E-state index contributed by atoms with van der Waals surface area (Å²) in [6, 6.07) is 12.7. The van der Waals surface area contributed by atoms with Gasteiger partial charge in [-0.15, -0.1) is 0 Å². The van der Waals surface area contributed by atoms with E-state index in [0.29, 0.717) is 12.8 Å². The third-order valence-corrected chi connectivity index (χ3v) is 7.24. The van der Waals surface area contributed by atoms with Crippen molar-refractivity contribution in [3.8, 4) is 17.6 Å². The first kappa shape index (κ1) is 30.4. The number of carboxylic acid groups (broad SMARTS) is 1. The molecule has 0 aliphatic heterocycles. The topological polar surface area (TPSA) is 87.0 Å². The molecule has 5 heteroatoms. The van der Waals surface area contributed by atoms with Gasteiger partial charge < -0.3 is 20.1 Å². The maximum Gasteiger partial charge on any atom is 0.303 e. The van der Waals surface area contributed by atoms with Gasteiger partial charge in [-0.1, -0.05) is 70.7 Å². The van der Waals surface area contributed by atoms with Gasteiger partial charge in [-0.05, 0) is 79.3 Å². The van der Waals surface area contributed by atoms with Gasteiger partial charge in [-0.25, -0.2) is 0 Å². The van der Waals surface area contributed by atoms with Crippen LogP contribution in [0.3, 0.4) is 0 Å². The predicted molar refractivity (Wildman–Crippen MR) is 149 cm³/mol. The van der Waals surface area contributed by atoms with Crippen LogP contribution >= 0.6 is 0 Å². The van der Waals surface area contributed by atoms with E-state index < -0.39 is 18.2 Å². The molecule has 0 radical (unpaired) electrons. The Morgan fingerprint density at radius 2 is 1.57 bits per heavy atom. The van der Waals surface area contributed by atoms with E-state index in [1.54, 1.807) is 0 Å². The number of benzene rings is 2. The maximum atomic E-state index is 10.7. The van der Waals surface area contributed by atoms with Crippen LogP contribution in [0.25, 0.3) is 0 Å². The quantitative estimate of drug-likeness (QED) is 0.316. The Labute approximate surface area is 222 Å². The highest BCUT2D eigenvalue weighted by Crippen LogP contribution is 2.41. The maximum absolute atomic E-state index is 10.7. The monoisotopic (exact) mass is 508 g/mol. The molecule has 202 valence electrons. The fraction of sp³-hybridized carbons (Fsp3) is 0.531. The molecule has 2 atom stereocenters. The van der Waals surface area contributed by atoms with E-state index in [1.165, 1.54) is 11.1 Å². The second kappa shape index (κ2) is 13.1. The summed E-state index contributed by atoms with van der Waals surface area (Å²) in [6.45, 7) is 14.6. The molecule has 0 aliphatic carbocycles. The Kier molecular flexibility index (Phi) is 10.8. The number of aryl methyl sites for hydroxylation is 2. The van der Waals surface area contributed by atoms with Crippen LogP contribution in [0.5, 0.6) is 5.75 Å². The Balaban J connectivity index is 2.26. The minimum atomic E-state index is -0.855. The average Bonchev–Trinajstić information content (AvgIpc) is 2.83. The van der Waals surface area contributed by atoms with Crippen LogP contribution in [0.15, 0.2) is 36.4 Å². The van der Waals surface area contributed by atoms with Crippen molar-refractivity contribution >= 4 is 5.97 Å². The zero-order valence-corrected chi connectivity index (χ0v) is 23.5. The van der Waals surface area contributed by atoms with Crippen molar-refractivity contribution < 1.29 is 24.9 Å². The molecule has 0 spiro atoms. The number of ether oxygens (including phenoxy) is 1. The van der Waals surface area contributed by atoms with Crippen molar-refractivity contribution in [2.45, 2.75) is 98.2 Å². The molecule has 3 N–H and O–H groups in total. The van der Waals surface area contributed by atoms with Crippen LogP contribution in [0.2, 0.25) is 0 Å². The minimum absolute atomic E-state index is 0.0484. The molecule has 1 unspecified atom stereocenters. The number of hydrogen-bond acceptors (Lipinski definition) is 4. The summed E-state index contributed by atoms with van der Waals surface area (Å²) in [5.74, 6) is 6.03. The van der Waals surface area contributed by atoms with E-state index in [4.69, 9.17) is 9.84 Å². The van der Waals surface area contributed by atoms with Crippen molar-refractivity contribution in [1.29, 1.82) is 0 Å². The van der Waals surface area contributed by atoms with E-state index in [1.807, 2.05) is 33.8 Å². The molecule has 2 aromatic carbocycles. The van der Waals surface area contributed by atoms with Gasteiger partial charge in [0.05, 0.1) is 6.10 Å². The molecule has 2 aromatic rings. The normalized spacial score (nSPS) is 13.4. The van der Waals surface area contributed by atoms with Gasteiger partial charge in [-0.3, -0.25) is 4.79 Å². The first-order valence-corrected chi connectivity index (χ1v) is 13.3. The smallest absolute Gasteiger partial charge is 0.303 e. The Morgan fingerprint density at radius 1 is 0.973 bits per heavy atom. The molecule has 2 rings (SSSR count). The van der Waals surface area contributed by atoms with Crippen molar-refractivity contribution in [2.75, 3.05) is 6.61 Å². The second-order valence-corrected chi connectivity index (χ2v) is 11.1. The van der Waals surface area contributed by atoms with Gasteiger partial charge in [0, 0.05) is 17.4 Å². The van der Waals surface area contributed by atoms with E-state index >= 15 is 0 Å². The lowest BCUT2D eigenvalue weighted by Gasteiger charge is -2.34. The largest absolute Gasteiger partial charge is 0.491 e. The molecule has 0 amide bonds. The summed E-state index contributed by atoms with van der Waals surface area (Å²) in [7, 11) is 0. The van der Waals surface area contributed by atoms with Crippen molar-refractivity contribution in [1.82, 2.24) is 0 Å². The van der Waals surface area contributed by atoms with E-state index in [2.05, 4.69) is 62.9 Å². The zero-order valence-electron chi connectivity index (χ0n) is 23.5. The van der Waals surface area contributed by atoms with Crippen LogP contribution in [0.1, 0.15) is 94.5 Å². The molecule has 5 nitrogen and oxygen atoms in total. The molecule has 0 bridgehead atoms. The summed E-state index contributed by atoms with van der Waals surface area (Å²) in [6.07, 6.45) is 1.34. The first-order valence-electron chi connectivity index (χ1n) is 13.3. The molecule has 37 heavy (non-hydrogen) atoms. The Morgan fingerprint density at radius 3 is 2.08 bits per heavy atom. The molecule has 0 aliphatic rings. The third kappa shape index (κ3) is 8.09. The molecule has 0 fully saturated rings. The highest BCUT2D eigenvalue weighted by Gasteiger charge is 2.31. The van der Waals surface area contributed by atoms with Crippen molar-refractivity contribution in [3.63, 3.8) is 0 Å². The summed E-state index contributed by atoms with van der Waals surface area (Å²) in [5, 5.41) is 29.2. The van der Waals surface area contributed by atoms with Gasteiger partial charge >= 0.3 is 5.97 Å². The standard InChI is InChI=1S/C32H44O5/c1-8-32(9-2,25-15-13-24(22(3)19-25)14-18-29(34)31(5,6)7)26-16-17-28(23(4)20-26)37-21-27(33)11-10-12-30(35)36/h13,15-17,19-20,27,29,33-34H,8-12,21H2,1-7H3,(H,35,36)/t27-,29?/m1/s1. The lowest BCUT2D eigenvalue weighted by molar-refractivity contribution is -0.137. The van der Waals surface area contributed by atoms with Crippen molar-refractivity contribution in [2.24, 2.45) is 5.41 Å². The van der Waals surface area contributed by atoms with E-state index in [-0.39, 0.29) is 23.9 Å². The number of aliphatic carboxylic acids is 1. The van der Waals surface area contributed by atoms with E-state index in [0.717, 1.165) is 35.3 Å². The Hall–Kier alpha value is -2.81. The lowest BCUT2D eigenvalue weighted by atomic mass is 9.70. The van der Waals surface area contributed by atoms with Gasteiger partial charge in [0.2, 0.25) is 0 Å². The predicted octanol–water partition coefficient (Wildman–Crippen LogP) is 6.16. The van der Waals surface area contributed by atoms with Crippen molar-refractivity contribution in [3.05, 3.63) is 64.2 Å². The molecule has 0 aromatic heterocycles. The summed E-state index contributed by atoms with van der Waals surface area (Å²) < 4.78 is 5.87. The Bertz CT molecular complexity index is 1110. The number of carbonyl (C=O) groups is 1. The lowest BCUT2D eigenvalue weighted by Crippen LogP contribution is -2.26. The van der Waals surface area contributed by atoms with Crippen LogP contribution in [-0.4, -0.2) is 40.1 Å². The summed E-state index contributed by atoms with van der Waals surface area (Å²) >= 11 is 0. The number of hydrogen-bond donors (Lipinski definition) is 3. The zero-order chi connectivity index (χ0) is 27.8. The van der Waals surface area contributed by atoms with Gasteiger partial charge in [0.25, 0.3) is 0 Å². The average molecular weight is 509 g/mol. The summed E-state index contributed by atoms with van der Waals surface area (Å²) in [5.41, 5.74) is 5.01. The third-order valence-electron chi connectivity index (χ3n) is 7.24. The molecule has 0 heterocycles. The van der Waals surface area contributed by atoms with E-state index in [9.17, 15) is 15.0 Å². The number of rotatable bonds is 11.